The normalized spacial score (nSPS) is 15.2. The second-order valence-electron chi connectivity index (χ2n) is 4.80. The minimum absolute atomic E-state index is 0.0130. The molecule has 0 unspecified atom stereocenters. The smallest absolute Gasteiger partial charge is 0.252 e. The van der Waals surface area contributed by atoms with Crippen LogP contribution in [-0.4, -0.2) is 20.9 Å². The van der Waals surface area contributed by atoms with E-state index in [0.717, 1.165) is 18.6 Å². The van der Waals surface area contributed by atoms with Crippen molar-refractivity contribution in [2.75, 3.05) is 6.54 Å². The topological polar surface area (TPSA) is 89.3 Å². The Morgan fingerprint density at radius 2 is 2.00 bits per heavy atom. The molecule has 1 fully saturated rings. The van der Waals surface area contributed by atoms with E-state index in [9.17, 15) is 13.2 Å². The highest BCUT2D eigenvalue weighted by Crippen LogP contribution is 2.32. The van der Waals surface area contributed by atoms with Crippen LogP contribution in [0.4, 0.5) is 0 Å². The highest BCUT2D eigenvalue weighted by molar-refractivity contribution is 7.89. The maximum absolute atomic E-state index is 12.0. The van der Waals surface area contributed by atoms with Crippen LogP contribution in [0.2, 0.25) is 10.0 Å². The fourth-order valence-corrected chi connectivity index (χ4v) is 2.83. The van der Waals surface area contributed by atoms with Crippen LogP contribution in [0.5, 0.6) is 0 Å². The van der Waals surface area contributed by atoms with Gasteiger partial charge in [0.2, 0.25) is 10.0 Å². The van der Waals surface area contributed by atoms with Crippen LogP contribution >= 0.6 is 23.2 Å². The summed E-state index contributed by atoms with van der Waals surface area (Å²) in [6.07, 6.45) is 3.30. The van der Waals surface area contributed by atoms with E-state index in [2.05, 4.69) is 5.32 Å². The Balaban J connectivity index is 2.20. The Labute approximate surface area is 127 Å². The Morgan fingerprint density at radius 1 is 1.35 bits per heavy atom. The summed E-state index contributed by atoms with van der Waals surface area (Å²) < 4.78 is 22.7. The first-order valence-corrected chi connectivity index (χ1v) is 8.39. The first-order chi connectivity index (χ1) is 9.29. The van der Waals surface area contributed by atoms with Crippen LogP contribution in [0.15, 0.2) is 17.0 Å². The summed E-state index contributed by atoms with van der Waals surface area (Å²) in [5, 5.41) is 7.73. The number of primary sulfonamides is 1. The van der Waals surface area contributed by atoms with E-state index in [1.807, 2.05) is 0 Å². The lowest BCUT2D eigenvalue weighted by atomic mass is 10.2. The molecular formula is C12H14Cl2N2O3S. The molecule has 3 N–H and O–H groups in total. The second-order valence-corrected chi connectivity index (χ2v) is 7.15. The van der Waals surface area contributed by atoms with Gasteiger partial charge in [0.15, 0.2) is 0 Å². The van der Waals surface area contributed by atoms with Gasteiger partial charge in [-0.05, 0) is 24.5 Å². The number of rotatable bonds is 5. The third-order valence-corrected chi connectivity index (χ3v) is 4.80. The summed E-state index contributed by atoms with van der Waals surface area (Å²) in [4.78, 5) is 11.8. The fourth-order valence-electron chi connectivity index (χ4n) is 1.79. The lowest BCUT2D eigenvalue weighted by molar-refractivity contribution is 0.0952. The standard InChI is InChI=1S/C12H14Cl2N2O3S/c13-10-6-8(20(15,18)19)5-9(11(10)14)12(17)16-4-3-7-1-2-7/h5-7H,1-4H2,(H,16,17)(H2,15,18,19). The minimum atomic E-state index is -3.95. The number of nitrogens with two attached hydrogens (primary N) is 1. The van der Waals surface area contributed by atoms with Gasteiger partial charge in [-0.15, -0.1) is 0 Å². The molecule has 2 rings (SSSR count). The van der Waals surface area contributed by atoms with E-state index in [1.54, 1.807) is 0 Å². The predicted octanol–water partition coefficient (Wildman–Crippen LogP) is 2.17. The largest absolute Gasteiger partial charge is 0.352 e. The van der Waals surface area contributed by atoms with Crippen molar-refractivity contribution in [3.05, 3.63) is 27.7 Å². The van der Waals surface area contributed by atoms with Gasteiger partial charge in [-0.25, -0.2) is 13.6 Å². The fraction of sp³-hybridized carbons (Fsp3) is 0.417. The van der Waals surface area contributed by atoms with Crippen molar-refractivity contribution in [2.45, 2.75) is 24.2 Å². The summed E-state index contributed by atoms with van der Waals surface area (Å²) in [7, 11) is -3.95. The summed E-state index contributed by atoms with van der Waals surface area (Å²) in [6, 6.07) is 2.26. The number of halogens is 2. The molecule has 0 heterocycles. The van der Waals surface area contributed by atoms with Crippen molar-refractivity contribution in [1.82, 2.24) is 5.32 Å². The first-order valence-electron chi connectivity index (χ1n) is 6.09. The molecule has 1 aliphatic rings. The van der Waals surface area contributed by atoms with E-state index in [4.69, 9.17) is 28.3 Å². The van der Waals surface area contributed by atoms with Crippen molar-refractivity contribution >= 4 is 39.1 Å². The molecule has 0 bridgehead atoms. The number of amides is 1. The van der Waals surface area contributed by atoms with Crippen molar-refractivity contribution in [1.29, 1.82) is 0 Å². The van der Waals surface area contributed by atoms with Crippen LogP contribution in [0.25, 0.3) is 0 Å². The Bertz CT molecular complexity index is 642. The highest BCUT2D eigenvalue weighted by Gasteiger charge is 2.22. The number of carbonyl (C=O) groups is 1. The van der Waals surface area contributed by atoms with Crippen LogP contribution in [0.1, 0.15) is 29.6 Å². The first kappa shape index (κ1) is 15.6. The van der Waals surface area contributed by atoms with Crippen molar-refractivity contribution < 1.29 is 13.2 Å². The molecule has 0 aromatic heterocycles. The molecule has 0 radical (unpaired) electrons. The monoisotopic (exact) mass is 336 g/mol. The number of benzene rings is 1. The molecule has 1 aromatic rings. The molecule has 20 heavy (non-hydrogen) atoms. The lowest BCUT2D eigenvalue weighted by Crippen LogP contribution is -2.25. The maximum atomic E-state index is 12.0. The van der Waals surface area contributed by atoms with Gasteiger partial charge in [0.1, 0.15) is 0 Å². The van der Waals surface area contributed by atoms with Gasteiger partial charge >= 0.3 is 0 Å². The van der Waals surface area contributed by atoms with E-state index in [-0.39, 0.29) is 20.5 Å². The average molecular weight is 337 g/mol. The van der Waals surface area contributed by atoms with Crippen molar-refractivity contribution in [3.8, 4) is 0 Å². The van der Waals surface area contributed by atoms with Crippen LogP contribution < -0.4 is 10.5 Å². The van der Waals surface area contributed by atoms with E-state index >= 15 is 0 Å². The van der Waals surface area contributed by atoms with Gasteiger partial charge in [-0.2, -0.15) is 0 Å². The molecule has 0 spiro atoms. The molecule has 110 valence electrons. The molecule has 8 heteroatoms. The molecule has 1 aromatic carbocycles. The van der Waals surface area contributed by atoms with Gasteiger partial charge in [0, 0.05) is 6.54 Å². The molecule has 0 atom stereocenters. The van der Waals surface area contributed by atoms with Gasteiger partial charge in [0.05, 0.1) is 20.5 Å². The van der Waals surface area contributed by atoms with Crippen molar-refractivity contribution in [2.24, 2.45) is 11.1 Å². The molecule has 1 saturated carbocycles. The van der Waals surface area contributed by atoms with Crippen LogP contribution in [0.3, 0.4) is 0 Å². The van der Waals surface area contributed by atoms with E-state index < -0.39 is 15.9 Å². The third kappa shape index (κ3) is 3.85. The summed E-state index contributed by atoms with van der Waals surface area (Å²) in [6.45, 7) is 0.525. The number of hydrogen-bond acceptors (Lipinski definition) is 3. The van der Waals surface area contributed by atoms with E-state index in [1.165, 1.54) is 12.8 Å². The molecular weight excluding hydrogens is 323 g/mol. The molecule has 0 aliphatic heterocycles. The van der Waals surface area contributed by atoms with Gasteiger partial charge < -0.3 is 5.32 Å². The summed E-state index contributed by atoms with van der Waals surface area (Å²) >= 11 is 11.8. The summed E-state index contributed by atoms with van der Waals surface area (Å²) in [5.74, 6) is 0.230. The molecule has 1 aliphatic carbocycles. The highest BCUT2D eigenvalue weighted by atomic mass is 35.5. The SMILES string of the molecule is NS(=O)(=O)c1cc(Cl)c(Cl)c(C(=O)NCCC2CC2)c1. The van der Waals surface area contributed by atoms with Crippen molar-refractivity contribution in [3.63, 3.8) is 0 Å². The number of hydrogen-bond donors (Lipinski definition) is 2. The van der Waals surface area contributed by atoms with Gasteiger partial charge in [0.25, 0.3) is 5.91 Å². The van der Waals surface area contributed by atoms with Crippen LogP contribution in [-0.2, 0) is 10.0 Å². The Kier molecular flexibility index (Phi) is 4.59. The zero-order chi connectivity index (χ0) is 14.9. The average Bonchev–Trinajstić information content (AvgIpc) is 3.15. The Morgan fingerprint density at radius 3 is 2.55 bits per heavy atom. The molecule has 5 nitrogen and oxygen atoms in total. The molecule has 0 saturated heterocycles. The minimum Gasteiger partial charge on any atom is -0.352 e. The van der Waals surface area contributed by atoms with Crippen LogP contribution in [0, 0.1) is 5.92 Å². The number of carbonyl (C=O) groups excluding carboxylic acids is 1. The predicted molar refractivity (Wildman–Crippen MR) is 77.5 cm³/mol. The Hall–Kier alpha value is -0.820. The number of nitrogens with one attached hydrogen (secondary N) is 1. The van der Waals surface area contributed by atoms with Gasteiger partial charge in [-0.3, -0.25) is 4.79 Å². The summed E-state index contributed by atoms with van der Waals surface area (Å²) in [5.41, 5.74) is 0.0130. The third-order valence-electron chi connectivity index (χ3n) is 3.11. The second kappa shape index (κ2) is 5.89. The lowest BCUT2D eigenvalue weighted by Gasteiger charge is -2.09. The quantitative estimate of drug-likeness (QED) is 0.863. The maximum Gasteiger partial charge on any atom is 0.252 e. The van der Waals surface area contributed by atoms with E-state index in [0.29, 0.717) is 12.5 Å². The van der Waals surface area contributed by atoms with Gasteiger partial charge in [-0.1, -0.05) is 36.0 Å². The number of sulfonamides is 1. The zero-order valence-electron chi connectivity index (χ0n) is 10.5. The molecule has 1 amide bonds. The zero-order valence-corrected chi connectivity index (χ0v) is 12.9.